The molecule has 6 heteroatoms. The van der Waals surface area contributed by atoms with Crippen molar-refractivity contribution < 1.29 is 23.7 Å². The van der Waals surface area contributed by atoms with E-state index in [1.165, 1.54) is 7.11 Å². The van der Waals surface area contributed by atoms with Gasteiger partial charge in [0.15, 0.2) is 0 Å². The first-order valence-electron chi connectivity index (χ1n) is 7.23. The van der Waals surface area contributed by atoms with E-state index in [0.29, 0.717) is 32.8 Å². The highest BCUT2D eigenvalue weighted by Gasteiger charge is 2.19. The van der Waals surface area contributed by atoms with E-state index in [9.17, 15) is 4.79 Å². The molecule has 0 aromatic carbocycles. The molecule has 0 spiro atoms. The van der Waals surface area contributed by atoms with Crippen molar-refractivity contribution in [2.45, 2.75) is 25.4 Å². The molecule has 1 unspecified atom stereocenters. The molecule has 118 valence electrons. The topological polar surface area (TPSA) is 57.2 Å². The van der Waals surface area contributed by atoms with E-state index in [1.54, 1.807) is 7.11 Å². The van der Waals surface area contributed by atoms with Gasteiger partial charge in [-0.05, 0) is 12.8 Å². The zero-order chi connectivity index (χ0) is 14.6. The molecule has 1 aliphatic rings. The van der Waals surface area contributed by atoms with Crippen molar-refractivity contribution in [3.8, 4) is 0 Å². The van der Waals surface area contributed by atoms with Crippen LogP contribution < -0.4 is 0 Å². The van der Waals surface area contributed by atoms with Crippen molar-refractivity contribution in [3.05, 3.63) is 0 Å². The third kappa shape index (κ3) is 7.79. The van der Waals surface area contributed by atoms with Crippen molar-refractivity contribution in [1.82, 2.24) is 4.90 Å². The Labute approximate surface area is 121 Å². The zero-order valence-electron chi connectivity index (χ0n) is 12.6. The molecular weight excluding hydrogens is 262 g/mol. The Kier molecular flexibility index (Phi) is 9.57. The van der Waals surface area contributed by atoms with Gasteiger partial charge in [-0.3, -0.25) is 9.69 Å². The maximum absolute atomic E-state index is 11.2. The van der Waals surface area contributed by atoms with Crippen LogP contribution in [0.25, 0.3) is 0 Å². The fourth-order valence-corrected chi connectivity index (χ4v) is 2.16. The van der Waals surface area contributed by atoms with E-state index in [-0.39, 0.29) is 12.1 Å². The molecule has 0 aromatic rings. The molecule has 20 heavy (non-hydrogen) atoms. The maximum Gasteiger partial charge on any atom is 0.306 e. The van der Waals surface area contributed by atoms with Gasteiger partial charge < -0.3 is 18.9 Å². The molecule has 1 rings (SSSR count). The quantitative estimate of drug-likeness (QED) is 0.412. The highest BCUT2D eigenvalue weighted by Crippen LogP contribution is 2.13. The van der Waals surface area contributed by atoms with Gasteiger partial charge in [0.05, 0.1) is 39.5 Å². The fourth-order valence-electron chi connectivity index (χ4n) is 2.16. The lowest BCUT2D eigenvalue weighted by atomic mass is 10.2. The zero-order valence-corrected chi connectivity index (χ0v) is 12.6. The Morgan fingerprint density at radius 3 is 2.75 bits per heavy atom. The number of hydrogen-bond acceptors (Lipinski definition) is 6. The lowest BCUT2D eigenvalue weighted by Crippen LogP contribution is -2.36. The molecule has 0 amide bonds. The van der Waals surface area contributed by atoms with E-state index < -0.39 is 0 Å². The van der Waals surface area contributed by atoms with Crippen molar-refractivity contribution in [3.63, 3.8) is 0 Å². The third-order valence-electron chi connectivity index (χ3n) is 3.33. The molecule has 0 aromatic heterocycles. The summed E-state index contributed by atoms with van der Waals surface area (Å²) in [6.07, 6.45) is 2.91. The molecule has 1 heterocycles. The second-order valence-corrected chi connectivity index (χ2v) is 4.87. The van der Waals surface area contributed by atoms with Crippen molar-refractivity contribution >= 4 is 5.97 Å². The standard InChI is InChI=1S/C14H27NO5/c1-17-10-11-19-9-7-15(6-5-14(16)18-2)12-13-4-3-8-20-13/h13H,3-12H2,1-2H3. The van der Waals surface area contributed by atoms with Crippen molar-refractivity contribution in [2.24, 2.45) is 0 Å². The summed E-state index contributed by atoms with van der Waals surface area (Å²) in [7, 11) is 3.07. The summed E-state index contributed by atoms with van der Waals surface area (Å²) in [4.78, 5) is 13.4. The van der Waals surface area contributed by atoms with Crippen LogP contribution in [0, 0.1) is 0 Å². The molecule has 1 fully saturated rings. The number of esters is 1. The number of nitrogens with zero attached hydrogens (tertiary/aromatic N) is 1. The molecule has 6 nitrogen and oxygen atoms in total. The van der Waals surface area contributed by atoms with Gasteiger partial charge in [0.1, 0.15) is 0 Å². The number of carbonyl (C=O) groups excluding carboxylic acids is 1. The maximum atomic E-state index is 11.2. The van der Waals surface area contributed by atoms with Gasteiger partial charge in [0.2, 0.25) is 0 Å². The van der Waals surface area contributed by atoms with Gasteiger partial charge in [0, 0.05) is 33.4 Å². The van der Waals surface area contributed by atoms with Crippen LogP contribution in [0.1, 0.15) is 19.3 Å². The summed E-state index contributed by atoms with van der Waals surface area (Å²) in [5.41, 5.74) is 0. The minimum atomic E-state index is -0.178. The molecule has 0 radical (unpaired) electrons. The summed E-state index contributed by atoms with van der Waals surface area (Å²) in [5, 5.41) is 0. The van der Waals surface area contributed by atoms with E-state index in [1.807, 2.05) is 0 Å². The van der Waals surface area contributed by atoms with Gasteiger partial charge in [0.25, 0.3) is 0 Å². The van der Waals surface area contributed by atoms with Crippen LogP contribution in [0.5, 0.6) is 0 Å². The SMILES string of the molecule is COCCOCCN(CCC(=O)OC)CC1CCCO1. The van der Waals surface area contributed by atoms with E-state index in [4.69, 9.17) is 14.2 Å². The Balaban J connectivity index is 2.23. The first kappa shape index (κ1) is 17.4. The minimum absolute atomic E-state index is 0.178. The molecule has 0 N–H and O–H groups in total. The normalized spacial score (nSPS) is 18.6. The lowest BCUT2D eigenvalue weighted by Gasteiger charge is -2.24. The average Bonchev–Trinajstić information content (AvgIpc) is 2.96. The van der Waals surface area contributed by atoms with Crippen LogP contribution in [0.15, 0.2) is 0 Å². The monoisotopic (exact) mass is 289 g/mol. The molecule has 0 aliphatic carbocycles. The van der Waals surface area contributed by atoms with E-state index in [0.717, 1.165) is 32.5 Å². The van der Waals surface area contributed by atoms with Gasteiger partial charge in [-0.2, -0.15) is 0 Å². The summed E-state index contributed by atoms with van der Waals surface area (Å²) in [5.74, 6) is -0.178. The highest BCUT2D eigenvalue weighted by atomic mass is 16.5. The number of carbonyl (C=O) groups is 1. The Hall–Kier alpha value is -0.690. The molecule has 1 atom stereocenters. The van der Waals surface area contributed by atoms with Gasteiger partial charge in [-0.1, -0.05) is 0 Å². The first-order chi connectivity index (χ1) is 9.76. The first-order valence-corrected chi connectivity index (χ1v) is 7.23. The number of ether oxygens (including phenoxy) is 4. The molecular formula is C14H27NO5. The van der Waals surface area contributed by atoms with E-state index in [2.05, 4.69) is 9.64 Å². The van der Waals surface area contributed by atoms with Crippen LogP contribution in [-0.2, 0) is 23.7 Å². The number of hydrogen-bond donors (Lipinski definition) is 0. The highest BCUT2D eigenvalue weighted by molar-refractivity contribution is 5.69. The average molecular weight is 289 g/mol. The van der Waals surface area contributed by atoms with Crippen LogP contribution in [-0.4, -0.2) is 77.3 Å². The summed E-state index contributed by atoms with van der Waals surface area (Å²) >= 11 is 0. The van der Waals surface area contributed by atoms with Gasteiger partial charge in [-0.25, -0.2) is 0 Å². The van der Waals surface area contributed by atoms with Crippen LogP contribution >= 0.6 is 0 Å². The summed E-state index contributed by atoms with van der Waals surface area (Å²) < 4.78 is 20.7. The molecule has 1 aliphatic heterocycles. The Morgan fingerprint density at radius 2 is 2.10 bits per heavy atom. The van der Waals surface area contributed by atoms with Crippen molar-refractivity contribution in [2.75, 3.05) is 60.3 Å². The Bertz CT molecular complexity index is 256. The van der Waals surface area contributed by atoms with Crippen molar-refractivity contribution in [1.29, 1.82) is 0 Å². The third-order valence-corrected chi connectivity index (χ3v) is 3.33. The summed E-state index contributed by atoms with van der Waals surface area (Å²) in [6.45, 7) is 5.01. The second kappa shape index (κ2) is 11.0. The lowest BCUT2D eigenvalue weighted by molar-refractivity contribution is -0.141. The fraction of sp³-hybridized carbons (Fsp3) is 0.929. The van der Waals surface area contributed by atoms with Crippen LogP contribution in [0.3, 0.4) is 0 Å². The predicted molar refractivity (Wildman–Crippen MR) is 74.7 cm³/mol. The minimum Gasteiger partial charge on any atom is -0.469 e. The molecule has 1 saturated heterocycles. The van der Waals surface area contributed by atoms with Crippen LogP contribution in [0.4, 0.5) is 0 Å². The number of methoxy groups -OCH3 is 2. The summed E-state index contributed by atoms with van der Waals surface area (Å²) in [6, 6.07) is 0. The smallest absolute Gasteiger partial charge is 0.306 e. The number of rotatable bonds is 11. The van der Waals surface area contributed by atoms with Crippen LogP contribution in [0.2, 0.25) is 0 Å². The largest absolute Gasteiger partial charge is 0.469 e. The van der Waals surface area contributed by atoms with Gasteiger partial charge in [-0.15, -0.1) is 0 Å². The Morgan fingerprint density at radius 1 is 1.25 bits per heavy atom. The van der Waals surface area contributed by atoms with Gasteiger partial charge >= 0.3 is 5.97 Å². The predicted octanol–water partition coefficient (Wildman–Crippen LogP) is 0.694. The molecule has 0 bridgehead atoms. The second-order valence-electron chi connectivity index (χ2n) is 4.87. The van der Waals surface area contributed by atoms with E-state index >= 15 is 0 Å². The molecule has 0 saturated carbocycles.